The van der Waals surface area contributed by atoms with Crippen LogP contribution in [-0.2, 0) is 38.0 Å². The Bertz CT molecular complexity index is 1900. The lowest BCUT2D eigenvalue weighted by molar-refractivity contribution is -0.118. The van der Waals surface area contributed by atoms with Gasteiger partial charge in [-0.1, -0.05) is 62.2 Å². The van der Waals surface area contributed by atoms with Crippen LogP contribution in [0.1, 0.15) is 56.0 Å². The number of ether oxygens (including phenoxy) is 8. The zero-order valence-corrected chi connectivity index (χ0v) is 36.5. The highest BCUT2D eigenvalue weighted by Crippen LogP contribution is 2.42. The van der Waals surface area contributed by atoms with Crippen LogP contribution in [-0.4, -0.2) is 103 Å². The van der Waals surface area contributed by atoms with Gasteiger partial charge in [0.1, 0.15) is 24.0 Å². The maximum Gasteiger partial charge on any atom is 0.511 e. The summed E-state index contributed by atoms with van der Waals surface area (Å²) >= 11 is 11.5. The average Bonchev–Trinajstić information content (AvgIpc) is 3.56. The zero-order chi connectivity index (χ0) is 45.0. The van der Waals surface area contributed by atoms with Crippen molar-refractivity contribution < 1.29 is 61.1 Å². The van der Waals surface area contributed by atoms with Crippen molar-refractivity contribution in [3.05, 3.63) is 93.5 Å². The SMILES string of the molecule is COCCOCCOCCOCCOC(=O)OC(C)OC(=O)c1ccc(NC(=O)[C@@H]2NC(CC(C)(C)C)C(C#N)C2c2cccc(Cl)c2F)c(OC)c1.Fc1cccc(Cl)c1. The van der Waals surface area contributed by atoms with E-state index in [1.165, 1.54) is 56.5 Å². The number of hydrogen-bond acceptors (Lipinski definition) is 13. The van der Waals surface area contributed by atoms with Gasteiger partial charge < -0.3 is 48.5 Å². The molecule has 334 valence electrons. The molecule has 0 aromatic heterocycles. The number of hydrogen-bond donors (Lipinski definition) is 2. The number of nitrogens with one attached hydrogen (secondary N) is 2. The van der Waals surface area contributed by atoms with E-state index < -0.39 is 54.1 Å². The molecule has 1 saturated heterocycles. The van der Waals surface area contributed by atoms with Crippen LogP contribution < -0.4 is 15.4 Å². The summed E-state index contributed by atoms with van der Waals surface area (Å²) in [6, 6.07) is 15.4. The van der Waals surface area contributed by atoms with Crippen LogP contribution in [0, 0.1) is 34.3 Å². The molecule has 1 aliphatic rings. The first-order valence-electron chi connectivity index (χ1n) is 19.3. The third-order valence-electron chi connectivity index (χ3n) is 8.82. The molecule has 4 unspecified atom stereocenters. The smallest absolute Gasteiger partial charge is 0.495 e. The molecule has 3 aromatic carbocycles. The van der Waals surface area contributed by atoms with Crippen LogP contribution in [0.4, 0.5) is 19.3 Å². The molecule has 0 bridgehead atoms. The minimum atomic E-state index is -1.30. The fourth-order valence-corrected chi connectivity index (χ4v) is 6.53. The summed E-state index contributed by atoms with van der Waals surface area (Å²) in [5.74, 6) is -3.84. The third-order valence-corrected chi connectivity index (χ3v) is 9.34. The van der Waals surface area contributed by atoms with Crippen molar-refractivity contribution in [3.63, 3.8) is 0 Å². The Morgan fingerprint density at radius 2 is 1.51 bits per heavy atom. The molecule has 0 spiro atoms. The number of benzene rings is 3. The number of nitriles is 1. The first kappa shape index (κ1) is 50.8. The first-order valence-corrected chi connectivity index (χ1v) is 20.1. The van der Waals surface area contributed by atoms with E-state index in [4.69, 9.17) is 61.1 Å². The topological polar surface area (TPSA) is 173 Å². The Balaban J connectivity index is 0.00000111. The van der Waals surface area contributed by atoms with Crippen LogP contribution in [0.2, 0.25) is 10.0 Å². The Labute approximate surface area is 364 Å². The predicted molar refractivity (Wildman–Crippen MR) is 223 cm³/mol. The lowest BCUT2D eigenvalue weighted by atomic mass is 9.77. The summed E-state index contributed by atoms with van der Waals surface area (Å²) in [5.41, 5.74) is 0.207. The van der Waals surface area contributed by atoms with E-state index in [0.717, 1.165) is 0 Å². The second kappa shape index (κ2) is 26.0. The Kier molecular flexibility index (Phi) is 21.6. The van der Waals surface area contributed by atoms with Gasteiger partial charge in [-0.05, 0) is 59.9 Å². The maximum absolute atomic E-state index is 15.3. The second-order valence-electron chi connectivity index (χ2n) is 14.7. The largest absolute Gasteiger partial charge is 0.511 e. The minimum absolute atomic E-state index is 0.0356. The number of esters is 1. The standard InChI is InChI=1S/C37H49ClFN3O11.C6H4ClF/c1-23(53-36(45)51-19-18-50-17-16-49-15-14-48-13-12-46-5)52-35(44)24-10-11-28(30(20-24)47-6)42-34(43)33-31(25-8-7-9-27(38)32(25)39)26(22-40)29(41-33)21-37(2,3)4;7-5-2-1-3-6(8)4-5/h7-11,20,23,26,29,31,33,41H,12-19,21H2,1-6H3,(H,42,43);1-4H/t23?,26?,29?,31?,33-;/m1./s1. The van der Waals surface area contributed by atoms with Gasteiger partial charge in [-0.3, -0.25) is 4.79 Å². The maximum atomic E-state index is 15.3. The molecule has 5 atom stereocenters. The Morgan fingerprint density at radius 1 is 0.869 bits per heavy atom. The van der Waals surface area contributed by atoms with Crippen LogP contribution in [0.5, 0.6) is 5.75 Å². The van der Waals surface area contributed by atoms with E-state index in [9.17, 15) is 24.0 Å². The van der Waals surface area contributed by atoms with Gasteiger partial charge in [-0.15, -0.1) is 0 Å². The highest BCUT2D eigenvalue weighted by atomic mass is 35.5. The molecule has 61 heavy (non-hydrogen) atoms. The summed E-state index contributed by atoms with van der Waals surface area (Å²) in [6.45, 7) is 9.89. The van der Waals surface area contributed by atoms with Gasteiger partial charge in [-0.25, -0.2) is 18.4 Å². The van der Waals surface area contributed by atoms with Crippen molar-refractivity contribution in [2.24, 2.45) is 11.3 Å². The van der Waals surface area contributed by atoms with Gasteiger partial charge >= 0.3 is 12.1 Å². The minimum Gasteiger partial charge on any atom is -0.495 e. The normalized spacial score (nSPS) is 17.6. The second-order valence-corrected chi connectivity index (χ2v) is 15.5. The molecule has 0 saturated carbocycles. The van der Waals surface area contributed by atoms with Gasteiger partial charge in [0, 0.05) is 31.0 Å². The molecular weight excluding hydrogens is 843 g/mol. The summed E-state index contributed by atoms with van der Waals surface area (Å²) in [4.78, 5) is 38.7. The number of methoxy groups -OCH3 is 2. The van der Waals surface area contributed by atoms with E-state index in [1.54, 1.807) is 25.3 Å². The molecule has 18 heteroatoms. The number of halogens is 4. The van der Waals surface area contributed by atoms with Crippen molar-refractivity contribution in [1.82, 2.24) is 5.32 Å². The van der Waals surface area contributed by atoms with Gasteiger partial charge in [-0.2, -0.15) is 5.26 Å². The van der Waals surface area contributed by atoms with Crippen LogP contribution >= 0.6 is 23.2 Å². The summed E-state index contributed by atoms with van der Waals surface area (Å²) < 4.78 is 68.9. The highest BCUT2D eigenvalue weighted by molar-refractivity contribution is 6.31. The van der Waals surface area contributed by atoms with Crippen molar-refractivity contribution in [2.45, 2.75) is 58.4 Å². The highest BCUT2D eigenvalue weighted by Gasteiger charge is 2.49. The summed E-state index contributed by atoms with van der Waals surface area (Å²) in [5, 5.41) is 16.6. The number of rotatable bonds is 20. The van der Waals surface area contributed by atoms with Gasteiger partial charge in [0.15, 0.2) is 0 Å². The van der Waals surface area contributed by atoms with Crippen molar-refractivity contribution in [3.8, 4) is 11.8 Å². The first-order chi connectivity index (χ1) is 29.1. The van der Waals surface area contributed by atoms with Crippen molar-refractivity contribution in [2.75, 3.05) is 72.4 Å². The van der Waals surface area contributed by atoms with Gasteiger partial charge in [0.05, 0.1) is 87.7 Å². The van der Waals surface area contributed by atoms with E-state index >= 15 is 4.39 Å². The van der Waals surface area contributed by atoms with E-state index in [-0.39, 0.29) is 58.6 Å². The molecule has 1 aliphatic heterocycles. The lowest BCUT2D eigenvalue weighted by Crippen LogP contribution is -2.42. The third kappa shape index (κ3) is 17.4. The van der Waals surface area contributed by atoms with Crippen molar-refractivity contribution in [1.29, 1.82) is 5.26 Å². The molecule has 0 radical (unpaired) electrons. The molecule has 1 heterocycles. The Morgan fingerprint density at radius 3 is 2.08 bits per heavy atom. The number of anilines is 1. The quantitative estimate of drug-likeness (QED) is 0.0636. The van der Waals surface area contributed by atoms with Crippen LogP contribution in [0.3, 0.4) is 0 Å². The summed E-state index contributed by atoms with van der Waals surface area (Å²) in [6.07, 6.45) is -1.81. The molecule has 2 N–H and O–H groups in total. The molecular formula is C43H53Cl2F2N3O11. The summed E-state index contributed by atoms with van der Waals surface area (Å²) in [7, 11) is 2.95. The predicted octanol–water partition coefficient (Wildman–Crippen LogP) is 7.96. The molecule has 1 amide bonds. The average molecular weight is 897 g/mol. The van der Waals surface area contributed by atoms with Crippen molar-refractivity contribution >= 4 is 46.9 Å². The van der Waals surface area contributed by atoms with Gasteiger partial charge in [0.2, 0.25) is 12.2 Å². The number of carbonyl (C=O) groups is 3. The molecule has 14 nitrogen and oxygen atoms in total. The molecule has 3 aromatic rings. The molecule has 0 aliphatic carbocycles. The van der Waals surface area contributed by atoms with Crippen LogP contribution in [0.15, 0.2) is 60.7 Å². The number of carbonyl (C=O) groups excluding carboxylic acids is 3. The lowest BCUT2D eigenvalue weighted by Gasteiger charge is -2.25. The number of nitrogens with zero attached hydrogens (tertiary/aromatic N) is 1. The van der Waals surface area contributed by atoms with E-state index in [0.29, 0.717) is 44.5 Å². The van der Waals surface area contributed by atoms with Gasteiger partial charge in [0.25, 0.3) is 0 Å². The van der Waals surface area contributed by atoms with E-state index in [1.807, 2.05) is 20.8 Å². The fraction of sp³-hybridized carbons (Fsp3) is 0.488. The Hall–Kier alpha value is -4.60. The molecule has 4 rings (SSSR count). The fourth-order valence-electron chi connectivity index (χ4n) is 6.17. The monoisotopic (exact) mass is 895 g/mol. The zero-order valence-electron chi connectivity index (χ0n) is 35.0. The van der Waals surface area contributed by atoms with E-state index in [2.05, 4.69) is 16.7 Å². The van der Waals surface area contributed by atoms with Crippen LogP contribution in [0.25, 0.3) is 0 Å². The number of amides is 1. The molecule has 1 fully saturated rings.